The smallest absolute Gasteiger partial charge is 0.244 e. The molecule has 40 heavy (non-hydrogen) atoms. The van der Waals surface area contributed by atoms with Crippen LogP contribution in [0.4, 0.5) is 5.69 Å². The number of sulfonamides is 1. The molecule has 3 rings (SSSR count). The summed E-state index contributed by atoms with van der Waals surface area (Å²) in [6.45, 7) is 7.13. The van der Waals surface area contributed by atoms with Gasteiger partial charge in [-0.3, -0.25) is 13.9 Å². The molecule has 7 nitrogen and oxygen atoms in total. The Morgan fingerprint density at radius 2 is 1.52 bits per heavy atom. The lowest BCUT2D eigenvalue weighted by Gasteiger charge is -2.34. The molecule has 0 saturated heterocycles. The molecule has 0 heterocycles. The van der Waals surface area contributed by atoms with Crippen LogP contribution in [0.15, 0.2) is 72.8 Å². The number of para-hydroxylation sites is 1. The van der Waals surface area contributed by atoms with Gasteiger partial charge in [-0.05, 0) is 61.6 Å². The number of nitrogens with one attached hydrogen (secondary N) is 1. The third kappa shape index (κ3) is 8.32. The van der Waals surface area contributed by atoms with E-state index in [-0.39, 0.29) is 24.9 Å². The zero-order chi connectivity index (χ0) is 29.4. The molecule has 0 radical (unpaired) electrons. The predicted molar refractivity (Wildman–Crippen MR) is 162 cm³/mol. The zero-order valence-corrected chi connectivity index (χ0v) is 25.3. The van der Waals surface area contributed by atoms with Gasteiger partial charge >= 0.3 is 0 Å². The summed E-state index contributed by atoms with van der Waals surface area (Å²) in [7, 11) is -3.83. The first-order valence-corrected chi connectivity index (χ1v) is 15.6. The largest absolute Gasteiger partial charge is 0.352 e. The molecule has 9 heteroatoms. The molecular formula is C31H38ClN3O4S. The Morgan fingerprint density at radius 1 is 0.925 bits per heavy atom. The normalized spacial score (nSPS) is 12.8. The Hall–Kier alpha value is -3.36. The number of hydrogen-bond acceptors (Lipinski definition) is 4. The highest BCUT2D eigenvalue weighted by Gasteiger charge is 2.34. The molecular weight excluding hydrogens is 546 g/mol. The van der Waals surface area contributed by atoms with Crippen LogP contribution in [0.3, 0.4) is 0 Å². The van der Waals surface area contributed by atoms with E-state index in [1.54, 1.807) is 18.2 Å². The van der Waals surface area contributed by atoms with E-state index in [2.05, 4.69) is 5.32 Å². The third-order valence-corrected chi connectivity index (χ3v) is 8.23. The minimum absolute atomic E-state index is 0.0785. The van der Waals surface area contributed by atoms with Crippen molar-refractivity contribution < 1.29 is 18.0 Å². The number of rotatable bonds is 12. The quantitative estimate of drug-likeness (QED) is 0.314. The molecule has 1 N–H and O–H groups in total. The second-order valence-electron chi connectivity index (χ2n) is 10.2. The monoisotopic (exact) mass is 583 g/mol. The van der Waals surface area contributed by atoms with Crippen LogP contribution in [0.25, 0.3) is 0 Å². The average molecular weight is 584 g/mol. The number of amides is 2. The summed E-state index contributed by atoms with van der Waals surface area (Å²) in [5, 5.41) is 3.53. The number of hydrogen-bond donors (Lipinski definition) is 1. The summed E-state index contributed by atoms with van der Waals surface area (Å²) >= 11 is 6.26. The van der Waals surface area contributed by atoms with Crippen LogP contribution >= 0.6 is 11.6 Å². The fourth-order valence-electron chi connectivity index (χ4n) is 4.60. The highest BCUT2D eigenvalue weighted by Crippen LogP contribution is 2.27. The molecule has 2 atom stereocenters. The summed E-state index contributed by atoms with van der Waals surface area (Å²) in [5.74, 6) is -0.792. The highest BCUT2D eigenvalue weighted by molar-refractivity contribution is 7.92. The molecule has 0 fully saturated rings. The van der Waals surface area contributed by atoms with E-state index in [4.69, 9.17) is 11.6 Å². The standard InChI is InChI=1S/C31H38ClN3O4S/c1-6-24(4)33-31(37)28(19-25-14-8-7-9-15-25)34(20-26-16-11-17-27(32)18-26)29(36)21-35(40(5,38)39)30-22(2)12-10-13-23(30)3/h7-18,24,28H,6,19-21H2,1-5H3,(H,33,37)/t24-,28+/m0/s1. The van der Waals surface area contributed by atoms with Crippen molar-refractivity contribution in [3.63, 3.8) is 0 Å². The van der Waals surface area contributed by atoms with E-state index in [9.17, 15) is 18.0 Å². The Kier molecular flexibility index (Phi) is 10.8. The summed E-state index contributed by atoms with van der Waals surface area (Å²) in [4.78, 5) is 29.4. The Labute approximate surface area is 243 Å². The minimum Gasteiger partial charge on any atom is -0.352 e. The fourth-order valence-corrected chi connectivity index (χ4v) is 5.78. The van der Waals surface area contributed by atoms with Crippen LogP contribution < -0.4 is 9.62 Å². The van der Waals surface area contributed by atoms with Gasteiger partial charge in [-0.1, -0.05) is 79.2 Å². The van der Waals surface area contributed by atoms with Crippen molar-refractivity contribution in [3.8, 4) is 0 Å². The number of carbonyl (C=O) groups is 2. The Balaban J connectivity index is 2.10. The van der Waals surface area contributed by atoms with Crippen LogP contribution in [-0.2, 0) is 32.6 Å². The molecule has 0 aliphatic rings. The van der Waals surface area contributed by atoms with Crippen molar-refractivity contribution in [1.82, 2.24) is 10.2 Å². The van der Waals surface area contributed by atoms with Crippen LogP contribution in [0.2, 0.25) is 5.02 Å². The second kappa shape index (κ2) is 13.8. The molecule has 0 bridgehead atoms. The molecule has 0 aromatic heterocycles. The van der Waals surface area contributed by atoms with E-state index in [1.165, 1.54) is 4.90 Å². The maximum atomic E-state index is 14.2. The summed E-state index contributed by atoms with van der Waals surface area (Å²) in [6, 6.07) is 21.0. The fraction of sp³-hybridized carbons (Fsp3) is 0.355. The van der Waals surface area contributed by atoms with Gasteiger partial charge in [0.15, 0.2) is 0 Å². The summed E-state index contributed by atoms with van der Waals surface area (Å²) < 4.78 is 27.2. The third-order valence-electron chi connectivity index (χ3n) is 6.88. The van der Waals surface area contributed by atoms with Gasteiger partial charge in [-0.2, -0.15) is 0 Å². The molecule has 3 aromatic rings. The lowest BCUT2D eigenvalue weighted by molar-refractivity contribution is -0.140. The minimum atomic E-state index is -3.83. The first-order valence-electron chi connectivity index (χ1n) is 13.3. The van der Waals surface area contributed by atoms with Gasteiger partial charge in [-0.25, -0.2) is 8.42 Å². The van der Waals surface area contributed by atoms with E-state index >= 15 is 0 Å². The van der Waals surface area contributed by atoms with Gasteiger partial charge < -0.3 is 10.2 Å². The van der Waals surface area contributed by atoms with Crippen LogP contribution in [-0.4, -0.2) is 50.0 Å². The second-order valence-corrected chi connectivity index (χ2v) is 12.5. The summed E-state index contributed by atoms with van der Waals surface area (Å²) in [5.41, 5.74) is 3.54. The van der Waals surface area contributed by atoms with E-state index in [1.807, 2.05) is 82.3 Å². The molecule has 0 aliphatic heterocycles. The molecule has 0 spiro atoms. The van der Waals surface area contributed by atoms with E-state index < -0.39 is 28.5 Å². The zero-order valence-electron chi connectivity index (χ0n) is 23.7. The summed E-state index contributed by atoms with van der Waals surface area (Å²) in [6.07, 6.45) is 2.07. The Bertz CT molecular complexity index is 1410. The molecule has 214 valence electrons. The number of benzene rings is 3. The molecule has 0 unspecified atom stereocenters. The first-order chi connectivity index (χ1) is 18.9. The number of halogens is 1. The predicted octanol–water partition coefficient (Wildman–Crippen LogP) is 5.28. The maximum absolute atomic E-state index is 14.2. The van der Waals surface area contributed by atoms with Gasteiger partial charge in [0.2, 0.25) is 21.8 Å². The van der Waals surface area contributed by atoms with E-state index in [0.717, 1.165) is 39.2 Å². The van der Waals surface area contributed by atoms with Crippen LogP contribution in [0, 0.1) is 13.8 Å². The van der Waals surface area contributed by atoms with Crippen molar-refractivity contribution in [3.05, 3.63) is 100 Å². The lowest BCUT2D eigenvalue weighted by Crippen LogP contribution is -2.54. The highest BCUT2D eigenvalue weighted by atomic mass is 35.5. The van der Waals surface area contributed by atoms with E-state index in [0.29, 0.717) is 10.7 Å². The van der Waals surface area contributed by atoms with Crippen molar-refractivity contribution in [2.75, 3.05) is 17.1 Å². The van der Waals surface area contributed by atoms with Gasteiger partial charge in [0.05, 0.1) is 11.9 Å². The topological polar surface area (TPSA) is 86.8 Å². The van der Waals surface area contributed by atoms with Crippen LogP contribution in [0.5, 0.6) is 0 Å². The number of aryl methyl sites for hydroxylation is 2. The van der Waals surface area contributed by atoms with Gasteiger partial charge in [0, 0.05) is 24.0 Å². The number of anilines is 1. The van der Waals surface area contributed by atoms with Crippen molar-refractivity contribution in [2.24, 2.45) is 0 Å². The van der Waals surface area contributed by atoms with Crippen LogP contribution in [0.1, 0.15) is 42.5 Å². The molecule has 3 aromatic carbocycles. The van der Waals surface area contributed by atoms with Crippen molar-refractivity contribution in [2.45, 2.75) is 59.2 Å². The molecule has 0 saturated carbocycles. The van der Waals surface area contributed by atoms with Crippen molar-refractivity contribution in [1.29, 1.82) is 0 Å². The van der Waals surface area contributed by atoms with Gasteiger partial charge in [-0.15, -0.1) is 0 Å². The SMILES string of the molecule is CC[C@H](C)NC(=O)[C@@H](Cc1ccccc1)N(Cc1cccc(Cl)c1)C(=O)CN(c1c(C)cccc1C)S(C)(=O)=O. The molecule has 2 amide bonds. The van der Waals surface area contributed by atoms with Gasteiger partial charge in [0.1, 0.15) is 12.6 Å². The first kappa shape index (κ1) is 31.2. The van der Waals surface area contributed by atoms with Crippen molar-refractivity contribution >= 4 is 39.1 Å². The lowest BCUT2D eigenvalue weighted by atomic mass is 10.0. The Morgan fingerprint density at radius 3 is 2.10 bits per heavy atom. The average Bonchev–Trinajstić information content (AvgIpc) is 2.89. The number of nitrogens with zero attached hydrogens (tertiary/aromatic N) is 2. The number of carbonyl (C=O) groups excluding carboxylic acids is 2. The van der Waals surface area contributed by atoms with Gasteiger partial charge in [0.25, 0.3) is 0 Å². The molecule has 0 aliphatic carbocycles. The maximum Gasteiger partial charge on any atom is 0.244 e.